The van der Waals surface area contributed by atoms with E-state index in [1.807, 2.05) is 19.1 Å². The second-order valence-corrected chi connectivity index (χ2v) is 9.94. The van der Waals surface area contributed by atoms with Crippen molar-refractivity contribution in [3.05, 3.63) is 99.5 Å². The van der Waals surface area contributed by atoms with Crippen LogP contribution in [-0.2, 0) is 20.7 Å². The molecule has 1 spiro atoms. The number of ketones is 2. The summed E-state index contributed by atoms with van der Waals surface area (Å²) in [5.41, 5.74) is 0.328. The number of hydrogen-bond acceptors (Lipinski definition) is 5. The van der Waals surface area contributed by atoms with Gasteiger partial charge >= 0.3 is 0 Å². The van der Waals surface area contributed by atoms with Gasteiger partial charge < -0.3 is 4.74 Å². The zero-order chi connectivity index (χ0) is 24.5. The molecule has 0 N–H and O–H groups in total. The fourth-order valence-corrected chi connectivity index (χ4v) is 6.00. The molecule has 174 valence electrons. The highest BCUT2D eigenvalue weighted by Gasteiger charge is 2.74. The summed E-state index contributed by atoms with van der Waals surface area (Å²) in [6, 6.07) is 20.9. The maximum Gasteiger partial charge on any atom is 0.241 e. The Hall–Kier alpha value is -3.42. The van der Waals surface area contributed by atoms with Gasteiger partial charge in [-0.15, -0.1) is 0 Å². The van der Waals surface area contributed by atoms with E-state index in [-0.39, 0.29) is 11.1 Å². The summed E-state index contributed by atoms with van der Waals surface area (Å²) >= 11 is 3.41. The summed E-state index contributed by atoms with van der Waals surface area (Å²) in [6.07, 6.45) is -0.311. The first-order valence-corrected chi connectivity index (χ1v) is 12.3. The first-order chi connectivity index (χ1) is 16.9. The van der Waals surface area contributed by atoms with Crippen LogP contribution in [0.5, 0.6) is 0 Å². The number of amides is 2. The average molecular weight is 530 g/mol. The highest BCUT2D eigenvalue weighted by atomic mass is 79.9. The molecule has 2 aliphatic heterocycles. The van der Waals surface area contributed by atoms with E-state index in [1.165, 1.54) is 0 Å². The van der Waals surface area contributed by atoms with Gasteiger partial charge in [0.15, 0.2) is 0 Å². The molecule has 2 fully saturated rings. The predicted octanol–water partition coefficient (Wildman–Crippen LogP) is 4.71. The van der Waals surface area contributed by atoms with Crippen LogP contribution in [0.1, 0.15) is 44.9 Å². The predicted molar refractivity (Wildman–Crippen MR) is 131 cm³/mol. The van der Waals surface area contributed by atoms with Crippen molar-refractivity contribution >= 4 is 45.0 Å². The molecule has 35 heavy (non-hydrogen) atoms. The van der Waals surface area contributed by atoms with Crippen LogP contribution in [0.15, 0.2) is 77.3 Å². The van der Waals surface area contributed by atoms with Gasteiger partial charge in [0.1, 0.15) is 0 Å². The van der Waals surface area contributed by atoms with E-state index in [0.717, 1.165) is 14.9 Å². The van der Waals surface area contributed by atoms with E-state index in [0.29, 0.717) is 17.7 Å². The van der Waals surface area contributed by atoms with Gasteiger partial charge in [0.05, 0.1) is 23.6 Å². The number of rotatable bonds is 3. The second kappa shape index (κ2) is 7.80. The number of benzene rings is 3. The molecule has 0 unspecified atom stereocenters. The number of nitrogens with zero attached hydrogens (tertiary/aromatic N) is 1. The standard InChI is InChI=1S/C28H20BrNO5/c1-2-15-7-3-6-10-20(15)30-26(33)21-22(27(30)34)28(35-23(21)16-11-13-17(29)14-12-16)24(31)18-8-4-5-9-19(18)25(28)32/h3-14,21-23H,2H2,1H3/t21-,22+,23-/m0/s1. The molecular weight excluding hydrogens is 510 g/mol. The van der Waals surface area contributed by atoms with Gasteiger partial charge in [-0.2, -0.15) is 0 Å². The molecule has 6 rings (SSSR count). The third-order valence-electron chi connectivity index (χ3n) is 7.33. The lowest BCUT2D eigenvalue weighted by Crippen LogP contribution is -2.51. The van der Waals surface area contributed by atoms with E-state index in [4.69, 9.17) is 4.74 Å². The normalized spacial score (nSPS) is 24.4. The van der Waals surface area contributed by atoms with E-state index in [2.05, 4.69) is 15.9 Å². The third kappa shape index (κ3) is 2.85. The van der Waals surface area contributed by atoms with Crippen molar-refractivity contribution in [2.45, 2.75) is 25.0 Å². The Labute approximate surface area is 210 Å². The molecule has 3 aliphatic rings. The zero-order valence-corrected chi connectivity index (χ0v) is 20.3. The molecule has 0 bridgehead atoms. The molecule has 2 saturated heterocycles. The molecule has 0 aromatic heterocycles. The molecule has 0 radical (unpaired) electrons. The lowest BCUT2D eigenvalue weighted by atomic mass is 9.77. The van der Waals surface area contributed by atoms with Crippen LogP contribution < -0.4 is 4.90 Å². The maximum atomic E-state index is 14.0. The maximum absolute atomic E-state index is 14.0. The van der Waals surface area contributed by atoms with Crippen LogP contribution in [0, 0.1) is 11.8 Å². The summed E-state index contributed by atoms with van der Waals surface area (Å²) < 4.78 is 7.14. The summed E-state index contributed by atoms with van der Waals surface area (Å²) in [5, 5.41) is 0. The minimum atomic E-state index is -2.06. The Balaban J connectivity index is 1.55. The number of fused-ring (bicyclic) bond motifs is 3. The number of Topliss-reactive ketones (excluding diaryl/α,β-unsaturated/α-hetero) is 2. The summed E-state index contributed by atoms with van der Waals surface area (Å²) in [6.45, 7) is 1.95. The number of hydrogen-bond donors (Lipinski definition) is 0. The molecule has 3 aromatic rings. The van der Waals surface area contributed by atoms with Gasteiger partial charge in [-0.1, -0.05) is 77.5 Å². The van der Waals surface area contributed by atoms with Crippen LogP contribution in [-0.4, -0.2) is 29.0 Å². The lowest BCUT2D eigenvalue weighted by molar-refractivity contribution is -0.127. The van der Waals surface area contributed by atoms with Crippen molar-refractivity contribution in [1.29, 1.82) is 0 Å². The van der Waals surface area contributed by atoms with Gasteiger partial charge in [0, 0.05) is 15.6 Å². The van der Waals surface area contributed by atoms with Crippen molar-refractivity contribution < 1.29 is 23.9 Å². The Bertz CT molecular complexity index is 1390. The van der Waals surface area contributed by atoms with Gasteiger partial charge in [-0.05, 0) is 35.7 Å². The van der Waals surface area contributed by atoms with Crippen LogP contribution in [0.25, 0.3) is 0 Å². The molecule has 2 amide bonds. The quantitative estimate of drug-likeness (QED) is 0.362. The second-order valence-electron chi connectivity index (χ2n) is 9.03. The number of anilines is 1. The van der Waals surface area contributed by atoms with Crippen molar-refractivity contribution in [3.63, 3.8) is 0 Å². The first kappa shape index (κ1) is 22.1. The monoisotopic (exact) mass is 529 g/mol. The van der Waals surface area contributed by atoms with Crippen LogP contribution in [0.3, 0.4) is 0 Å². The highest BCUT2D eigenvalue weighted by Crippen LogP contribution is 2.57. The van der Waals surface area contributed by atoms with Gasteiger partial charge in [0.2, 0.25) is 29.0 Å². The van der Waals surface area contributed by atoms with E-state index in [9.17, 15) is 19.2 Å². The summed E-state index contributed by atoms with van der Waals surface area (Å²) in [4.78, 5) is 56.7. The van der Waals surface area contributed by atoms with E-state index >= 15 is 0 Å². The van der Waals surface area contributed by atoms with Gasteiger partial charge in [0.25, 0.3) is 0 Å². The number of halogens is 1. The van der Waals surface area contributed by atoms with Crippen molar-refractivity contribution in [3.8, 4) is 0 Å². The summed E-state index contributed by atoms with van der Waals surface area (Å²) in [5.74, 6) is -4.40. The number of imide groups is 1. The van der Waals surface area contributed by atoms with Crippen LogP contribution >= 0.6 is 15.9 Å². The van der Waals surface area contributed by atoms with Crippen LogP contribution in [0.4, 0.5) is 5.69 Å². The SMILES string of the molecule is CCc1ccccc1N1C(=O)[C@@H]2[C@H](c3ccc(Br)cc3)OC3(C(=O)c4ccccc4C3=O)[C@H]2C1=O. The smallest absolute Gasteiger partial charge is 0.241 e. The molecule has 7 heteroatoms. The molecule has 2 heterocycles. The van der Waals surface area contributed by atoms with Gasteiger partial charge in [-0.25, -0.2) is 4.90 Å². The summed E-state index contributed by atoms with van der Waals surface area (Å²) in [7, 11) is 0. The van der Waals surface area contributed by atoms with Crippen molar-refractivity contribution in [2.75, 3.05) is 4.90 Å². The molecule has 1 aliphatic carbocycles. The minimum absolute atomic E-state index is 0.223. The Kier molecular flexibility index (Phi) is 4.92. The largest absolute Gasteiger partial charge is 0.349 e. The Morgan fingerprint density at radius 3 is 2.06 bits per heavy atom. The van der Waals surface area contributed by atoms with E-state index < -0.39 is 46.9 Å². The Morgan fingerprint density at radius 1 is 0.829 bits per heavy atom. The molecule has 6 nitrogen and oxygen atoms in total. The topological polar surface area (TPSA) is 80.8 Å². The highest BCUT2D eigenvalue weighted by molar-refractivity contribution is 9.10. The minimum Gasteiger partial charge on any atom is -0.349 e. The molecule has 3 aromatic carbocycles. The molecule has 0 saturated carbocycles. The number of para-hydroxylation sites is 1. The van der Waals surface area contributed by atoms with Crippen molar-refractivity contribution in [1.82, 2.24) is 0 Å². The molecular formula is C28H20BrNO5. The lowest BCUT2D eigenvalue weighted by Gasteiger charge is -2.28. The number of aryl methyl sites for hydroxylation is 1. The fraction of sp³-hybridized carbons (Fsp3) is 0.214. The first-order valence-electron chi connectivity index (χ1n) is 11.5. The molecule has 3 atom stereocenters. The zero-order valence-electron chi connectivity index (χ0n) is 18.7. The number of carbonyl (C=O) groups excluding carboxylic acids is 4. The third-order valence-corrected chi connectivity index (χ3v) is 7.86. The number of carbonyl (C=O) groups is 4. The van der Waals surface area contributed by atoms with Crippen LogP contribution in [0.2, 0.25) is 0 Å². The Morgan fingerprint density at radius 2 is 1.43 bits per heavy atom. The van der Waals surface area contributed by atoms with E-state index in [1.54, 1.807) is 60.7 Å². The number of ether oxygens (including phenoxy) is 1. The van der Waals surface area contributed by atoms with Crippen molar-refractivity contribution in [2.24, 2.45) is 11.8 Å². The average Bonchev–Trinajstić information content (AvgIpc) is 3.44. The van der Waals surface area contributed by atoms with Gasteiger partial charge in [-0.3, -0.25) is 19.2 Å². The fourth-order valence-electron chi connectivity index (χ4n) is 5.74.